The molecule has 0 saturated carbocycles. The van der Waals surface area contributed by atoms with Crippen molar-refractivity contribution in [2.45, 2.75) is 27.2 Å². The fourth-order valence-electron chi connectivity index (χ4n) is 1.59. The van der Waals surface area contributed by atoms with E-state index in [1.165, 1.54) is 4.90 Å². The van der Waals surface area contributed by atoms with Crippen LogP contribution in [0.4, 0.5) is 5.69 Å². The number of carbonyl (C=O) groups excluding carboxylic acids is 2. The van der Waals surface area contributed by atoms with Crippen LogP contribution in [0.1, 0.15) is 37.6 Å². The van der Waals surface area contributed by atoms with Crippen LogP contribution in [0, 0.1) is 16.7 Å². The Bertz CT molecular complexity index is 568. The van der Waals surface area contributed by atoms with Gasteiger partial charge in [-0.2, -0.15) is 5.26 Å². The van der Waals surface area contributed by atoms with Gasteiger partial charge in [0.2, 0.25) is 5.91 Å². The molecule has 0 aromatic heterocycles. The van der Waals surface area contributed by atoms with E-state index in [2.05, 4.69) is 5.32 Å². The monoisotopic (exact) mass is 287 g/mol. The highest BCUT2D eigenvalue weighted by molar-refractivity contribution is 5.98. The van der Waals surface area contributed by atoms with Crippen molar-refractivity contribution in [3.05, 3.63) is 29.8 Å². The third kappa shape index (κ3) is 4.92. The molecule has 5 nitrogen and oxygen atoms in total. The van der Waals surface area contributed by atoms with Crippen molar-refractivity contribution in [1.29, 1.82) is 5.26 Å². The summed E-state index contributed by atoms with van der Waals surface area (Å²) in [7, 11) is 1.65. The largest absolute Gasteiger partial charge is 0.341 e. The number of rotatable bonds is 4. The van der Waals surface area contributed by atoms with Crippen LogP contribution < -0.4 is 5.32 Å². The molecule has 112 valence electrons. The number of hydrogen-bond donors (Lipinski definition) is 1. The number of anilines is 1. The van der Waals surface area contributed by atoms with Gasteiger partial charge in [-0.3, -0.25) is 9.59 Å². The van der Waals surface area contributed by atoms with E-state index in [9.17, 15) is 9.59 Å². The van der Waals surface area contributed by atoms with Crippen molar-refractivity contribution in [3.63, 3.8) is 0 Å². The number of hydrogen-bond acceptors (Lipinski definition) is 3. The van der Waals surface area contributed by atoms with Crippen LogP contribution in [0.3, 0.4) is 0 Å². The Balaban J connectivity index is 2.84. The van der Waals surface area contributed by atoms with E-state index in [1.807, 2.05) is 26.8 Å². The zero-order valence-corrected chi connectivity index (χ0v) is 12.9. The van der Waals surface area contributed by atoms with Crippen LogP contribution >= 0.6 is 0 Å². The summed E-state index contributed by atoms with van der Waals surface area (Å²) in [6, 6.07) is 8.82. The predicted octanol–water partition coefficient (Wildman–Crippen LogP) is 2.66. The fraction of sp³-hybridized carbons (Fsp3) is 0.438. The maximum Gasteiger partial charge on any atom is 0.253 e. The molecule has 0 aliphatic carbocycles. The molecule has 1 aromatic rings. The summed E-state index contributed by atoms with van der Waals surface area (Å²) in [5, 5.41) is 11.3. The molecule has 1 N–H and O–H groups in total. The van der Waals surface area contributed by atoms with Crippen molar-refractivity contribution in [2.24, 2.45) is 5.41 Å². The van der Waals surface area contributed by atoms with Crippen LogP contribution in [0.2, 0.25) is 0 Å². The first kappa shape index (κ1) is 16.7. The van der Waals surface area contributed by atoms with Crippen LogP contribution in [0.25, 0.3) is 0 Å². The van der Waals surface area contributed by atoms with Gasteiger partial charge in [0.05, 0.1) is 12.5 Å². The molecule has 21 heavy (non-hydrogen) atoms. The number of nitrogens with one attached hydrogen (secondary N) is 1. The van der Waals surface area contributed by atoms with Crippen molar-refractivity contribution in [2.75, 3.05) is 18.9 Å². The molecule has 0 unspecified atom stereocenters. The van der Waals surface area contributed by atoms with Crippen molar-refractivity contribution >= 4 is 17.5 Å². The Morgan fingerprint density at radius 3 is 2.57 bits per heavy atom. The maximum absolute atomic E-state index is 12.2. The zero-order valence-electron chi connectivity index (χ0n) is 12.9. The lowest BCUT2D eigenvalue weighted by Gasteiger charge is -2.19. The van der Waals surface area contributed by atoms with E-state index in [0.29, 0.717) is 24.2 Å². The van der Waals surface area contributed by atoms with Gasteiger partial charge in [-0.15, -0.1) is 0 Å². The van der Waals surface area contributed by atoms with Crippen LogP contribution in [0.5, 0.6) is 0 Å². The van der Waals surface area contributed by atoms with Gasteiger partial charge in [0, 0.05) is 30.3 Å². The highest BCUT2D eigenvalue weighted by atomic mass is 16.2. The molecule has 0 radical (unpaired) electrons. The van der Waals surface area contributed by atoms with Gasteiger partial charge in [-0.25, -0.2) is 0 Å². The minimum atomic E-state index is -0.496. The first-order chi connectivity index (χ1) is 9.75. The Morgan fingerprint density at radius 2 is 2.00 bits per heavy atom. The van der Waals surface area contributed by atoms with E-state index in [0.717, 1.165) is 0 Å². The van der Waals surface area contributed by atoms with Gasteiger partial charge in [-0.1, -0.05) is 26.8 Å². The molecule has 0 spiro atoms. The van der Waals surface area contributed by atoms with E-state index in [1.54, 1.807) is 31.3 Å². The van der Waals surface area contributed by atoms with Crippen molar-refractivity contribution in [3.8, 4) is 6.07 Å². The third-order valence-electron chi connectivity index (χ3n) is 2.95. The molecule has 0 aliphatic rings. The van der Waals surface area contributed by atoms with E-state index < -0.39 is 5.41 Å². The molecule has 0 aliphatic heterocycles. The molecule has 0 bridgehead atoms. The van der Waals surface area contributed by atoms with Gasteiger partial charge in [0.1, 0.15) is 0 Å². The van der Waals surface area contributed by atoms with Gasteiger partial charge < -0.3 is 10.2 Å². The van der Waals surface area contributed by atoms with Crippen LogP contribution in [-0.4, -0.2) is 30.3 Å². The fourth-order valence-corrected chi connectivity index (χ4v) is 1.59. The Hall–Kier alpha value is -2.35. The first-order valence-corrected chi connectivity index (χ1v) is 6.79. The molecule has 1 rings (SSSR count). The molecule has 0 saturated heterocycles. The van der Waals surface area contributed by atoms with Crippen LogP contribution in [-0.2, 0) is 4.79 Å². The van der Waals surface area contributed by atoms with Gasteiger partial charge in [0.25, 0.3) is 5.91 Å². The summed E-state index contributed by atoms with van der Waals surface area (Å²) in [6.45, 7) is 5.86. The Labute approximate surface area is 125 Å². The normalized spacial score (nSPS) is 10.6. The molecule has 5 heteroatoms. The standard InChI is InChI=1S/C16H21N3O2/c1-16(2,3)15(21)18-13-8-5-7-12(11-13)14(20)19(4)10-6-9-17/h5,7-8,11H,6,10H2,1-4H3,(H,18,21). The van der Waals surface area contributed by atoms with Crippen LogP contribution in [0.15, 0.2) is 24.3 Å². The second-order valence-electron chi connectivity index (χ2n) is 5.92. The van der Waals surface area contributed by atoms with E-state index in [4.69, 9.17) is 5.26 Å². The molecule has 1 aromatic carbocycles. The summed E-state index contributed by atoms with van der Waals surface area (Å²) in [6.07, 6.45) is 0.294. The van der Waals surface area contributed by atoms with E-state index >= 15 is 0 Å². The second kappa shape index (κ2) is 6.89. The van der Waals surface area contributed by atoms with Gasteiger partial charge in [0.15, 0.2) is 0 Å². The summed E-state index contributed by atoms with van der Waals surface area (Å²) in [5.74, 6) is -0.276. The SMILES string of the molecule is CN(CCC#N)C(=O)c1cccc(NC(=O)C(C)(C)C)c1. The average Bonchev–Trinajstić information content (AvgIpc) is 2.43. The highest BCUT2D eigenvalue weighted by Gasteiger charge is 2.21. The minimum absolute atomic E-state index is 0.107. The highest BCUT2D eigenvalue weighted by Crippen LogP contribution is 2.18. The lowest BCUT2D eigenvalue weighted by Crippen LogP contribution is -2.29. The second-order valence-corrected chi connectivity index (χ2v) is 5.92. The lowest BCUT2D eigenvalue weighted by atomic mass is 9.95. The summed E-state index contributed by atoms with van der Waals surface area (Å²) < 4.78 is 0. The number of benzene rings is 1. The van der Waals surface area contributed by atoms with E-state index in [-0.39, 0.29) is 11.8 Å². The molecular weight excluding hydrogens is 266 g/mol. The lowest BCUT2D eigenvalue weighted by molar-refractivity contribution is -0.123. The third-order valence-corrected chi connectivity index (χ3v) is 2.95. The smallest absolute Gasteiger partial charge is 0.253 e. The van der Waals surface area contributed by atoms with Crippen molar-refractivity contribution < 1.29 is 9.59 Å². The minimum Gasteiger partial charge on any atom is -0.341 e. The number of carbonyl (C=O) groups is 2. The first-order valence-electron chi connectivity index (χ1n) is 6.79. The van der Waals surface area contributed by atoms with Crippen molar-refractivity contribution in [1.82, 2.24) is 4.90 Å². The summed E-state index contributed by atoms with van der Waals surface area (Å²) in [4.78, 5) is 25.6. The topological polar surface area (TPSA) is 73.2 Å². The predicted molar refractivity (Wildman–Crippen MR) is 81.7 cm³/mol. The molecular formula is C16H21N3O2. The average molecular weight is 287 g/mol. The molecule has 0 heterocycles. The van der Waals surface area contributed by atoms with Gasteiger partial charge in [-0.05, 0) is 18.2 Å². The maximum atomic E-state index is 12.2. The quantitative estimate of drug-likeness (QED) is 0.925. The number of nitriles is 1. The molecule has 2 amide bonds. The number of nitrogens with zero attached hydrogens (tertiary/aromatic N) is 2. The van der Waals surface area contributed by atoms with Gasteiger partial charge >= 0.3 is 0 Å². The Morgan fingerprint density at radius 1 is 1.33 bits per heavy atom. The summed E-state index contributed by atoms with van der Waals surface area (Å²) in [5.41, 5.74) is 0.584. The molecule has 0 fully saturated rings. The Kier molecular flexibility index (Phi) is 5.48. The summed E-state index contributed by atoms with van der Waals surface area (Å²) >= 11 is 0. The zero-order chi connectivity index (χ0) is 16.0. The number of amides is 2. The molecule has 0 atom stereocenters.